The molecule has 1 rings (SSSR count). The van der Waals surface area contributed by atoms with E-state index in [1.807, 2.05) is 45.4 Å². The van der Waals surface area contributed by atoms with Crippen molar-refractivity contribution >= 4 is 25.5 Å². The number of rotatable bonds is 40. The molecule has 1 unspecified atom stereocenters. The van der Waals surface area contributed by atoms with Crippen LogP contribution in [-0.2, 0) is 37.5 Å². The number of aliphatic hydroxyl groups excluding tert-OH is 1. The molecule has 1 N–H and O–H groups in total. The number of esters is 2. The lowest BCUT2D eigenvalue weighted by atomic mass is 9.90. The van der Waals surface area contributed by atoms with Crippen LogP contribution in [-0.4, -0.2) is 87.0 Å². The summed E-state index contributed by atoms with van der Waals surface area (Å²) in [4.78, 5) is 50.2. The molecule has 0 heterocycles. The number of ether oxygens (including phenoxy) is 2. The summed E-state index contributed by atoms with van der Waals surface area (Å²) in [7, 11) is 1.04. The Balaban J connectivity index is 2.42. The highest BCUT2D eigenvalue weighted by molar-refractivity contribution is 7.45. The third-order valence-electron chi connectivity index (χ3n) is 10.7. The minimum absolute atomic E-state index is 0.0237. The van der Waals surface area contributed by atoms with Crippen molar-refractivity contribution in [1.82, 2.24) is 0 Å². The van der Waals surface area contributed by atoms with Gasteiger partial charge in [0.15, 0.2) is 11.9 Å². The molecule has 0 amide bonds. The Bertz CT molecular complexity index is 1450. The largest absolute Gasteiger partial charge is 0.756 e. The summed E-state index contributed by atoms with van der Waals surface area (Å²) in [6.07, 6.45) is 44.1. The third kappa shape index (κ3) is 35.1. The molecule has 1 aliphatic carbocycles. The van der Waals surface area contributed by atoms with Gasteiger partial charge in [-0.05, 0) is 82.6 Å². The average molecular weight is 904 g/mol. The Morgan fingerprint density at radius 2 is 1.32 bits per heavy atom. The van der Waals surface area contributed by atoms with Crippen molar-refractivity contribution in [2.24, 2.45) is 11.8 Å². The van der Waals surface area contributed by atoms with Gasteiger partial charge in [0.25, 0.3) is 7.82 Å². The van der Waals surface area contributed by atoms with Gasteiger partial charge in [0.2, 0.25) is 0 Å². The van der Waals surface area contributed by atoms with Crippen LogP contribution in [0.4, 0.5) is 0 Å². The quantitative estimate of drug-likeness (QED) is 0.0207. The van der Waals surface area contributed by atoms with Crippen molar-refractivity contribution in [1.29, 1.82) is 0 Å². The number of carbonyl (C=O) groups is 3. The number of quaternary nitrogens is 1. The molecule has 0 saturated heterocycles. The molecule has 5 atom stereocenters. The molecule has 0 bridgehead atoms. The zero-order chi connectivity index (χ0) is 46.4. The highest BCUT2D eigenvalue weighted by Crippen LogP contribution is 2.38. The van der Waals surface area contributed by atoms with Gasteiger partial charge >= 0.3 is 11.9 Å². The van der Waals surface area contributed by atoms with E-state index in [0.29, 0.717) is 43.1 Å². The Kier molecular flexibility index (Phi) is 34.4. The predicted molar refractivity (Wildman–Crippen MR) is 254 cm³/mol. The molecule has 0 aromatic carbocycles. The van der Waals surface area contributed by atoms with Crippen molar-refractivity contribution < 1.29 is 52.0 Å². The van der Waals surface area contributed by atoms with Gasteiger partial charge < -0.3 is 33.0 Å². The van der Waals surface area contributed by atoms with Crippen molar-refractivity contribution in [2.45, 2.75) is 174 Å². The van der Waals surface area contributed by atoms with Gasteiger partial charge in [-0.15, -0.1) is 0 Å². The smallest absolute Gasteiger partial charge is 0.306 e. The average Bonchev–Trinajstić information content (AvgIpc) is 3.59. The topological polar surface area (TPSA) is 148 Å². The first kappa shape index (κ1) is 58.1. The van der Waals surface area contributed by atoms with Crippen LogP contribution in [0.15, 0.2) is 72.9 Å². The first-order chi connectivity index (χ1) is 30.3. The standard InChI is InChI=1S/C51H86NO10P/c1-6-8-10-11-12-13-14-15-16-17-18-19-20-21-22-23-24-25-26-32-36-51(56)62-47(44-61-63(57,58)60-42-41-52(3,4)5)43-59-50(55)35-31-28-27-30-33-45-37-40-49(54)48(45)39-38-46(53)34-29-9-7-2/h13-14,16-17,19-20,27,30,37-40,45-48,53H,6-12,15,18,21-26,28-29,31-36,41-44H2,1-5H3/b14-13-,17-16-,20-19-,30-27-,39-38+/t45-,46-,47+,48+/m0/s1. The number of phosphoric ester groups is 1. The van der Waals surface area contributed by atoms with E-state index in [1.54, 1.807) is 12.2 Å². The number of hydrogen-bond donors (Lipinski definition) is 1. The van der Waals surface area contributed by atoms with E-state index in [0.717, 1.165) is 70.6 Å². The minimum Gasteiger partial charge on any atom is -0.756 e. The summed E-state index contributed by atoms with van der Waals surface area (Å²) in [5.41, 5.74) is 0. The first-order valence-corrected chi connectivity index (χ1v) is 25.7. The van der Waals surface area contributed by atoms with Crippen LogP contribution in [0.5, 0.6) is 0 Å². The molecule has 360 valence electrons. The molecule has 12 heteroatoms. The Morgan fingerprint density at radius 3 is 1.98 bits per heavy atom. The fourth-order valence-corrected chi connectivity index (χ4v) is 7.50. The van der Waals surface area contributed by atoms with Crippen LogP contribution in [0.2, 0.25) is 0 Å². The molecule has 1 aliphatic rings. The van der Waals surface area contributed by atoms with Gasteiger partial charge in [0, 0.05) is 18.8 Å². The number of phosphoric acid groups is 1. The van der Waals surface area contributed by atoms with E-state index in [-0.39, 0.29) is 43.7 Å². The number of hydrogen-bond acceptors (Lipinski definition) is 10. The number of carbonyl (C=O) groups excluding carboxylic acids is 3. The molecular weight excluding hydrogens is 818 g/mol. The summed E-state index contributed by atoms with van der Waals surface area (Å²) < 4.78 is 33.9. The number of allylic oxidation sites excluding steroid dienone is 11. The van der Waals surface area contributed by atoms with Gasteiger partial charge in [0.1, 0.15) is 19.8 Å². The maximum Gasteiger partial charge on any atom is 0.306 e. The molecule has 0 fully saturated rings. The summed E-state index contributed by atoms with van der Waals surface area (Å²) in [5, 5.41) is 10.2. The second-order valence-corrected chi connectivity index (χ2v) is 19.2. The van der Waals surface area contributed by atoms with E-state index in [1.165, 1.54) is 32.1 Å². The Labute approximate surface area is 382 Å². The van der Waals surface area contributed by atoms with Gasteiger partial charge in [-0.1, -0.05) is 145 Å². The Hall–Kier alpha value is -2.92. The molecule has 0 spiro atoms. The van der Waals surface area contributed by atoms with Crippen molar-refractivity contribution in [3.8, 4) is 0 Å². The van der Waals surface area contributed by atoms with E-state index >= 15 is 0 Å². The second-order valence-electron chi connectivity index (χ2n) is 17.8. The molecule has 0 aromatic rings. The van der Waals surface area contributed by atoms with Crippen molar-refractivity contribution in [3.05, 3.63) is 72.9 Å². The molecule has 11 nitrogen and oxygen atoms in total. The first-order valence-electron chi connectivity index (χ1n) is 24.2. The number of unbranched alkanes of at least 4 members (excludes halogenated alkanes) is 13. The van der Waals surface area contributed by atoms with Gasteiger partial charge in [0.05, 0.1) is 33.9 Å². The predicted octanol–water partition coefficient (Wildman–Crippen LogP) is 11.2. The fraction of sp³-hybridized carbons (Fsp3) is 0.706. The van der Waals surface area contributed by atoms with Crippen molar-refractivity contribution in [2.75, 3.05) is 47.5 Å². The number of nitrogens with zero attached hydrogens (tertiary/aromatic N) is 1. The third-order valence-corrected chi connectivity index (χ3v) is 11.7. The summed E-state index contributed by atoms with van der Waals surface area (Å²) in [6, 6.07) is 0. The van der Waals surface area contributed by atoms with Crippen molar-refractivity contribution in [3.63, 3.8) is 0 Å². The summed E-state index contributed by atoms with van der Waals surface area (Å²) in [6.45, 7) is 3.86. The van der Waals surface area contributed by atoms with Crippen LogP contribution in [0.1, 0.15) is 162 Å². The highest BCUT2D eigenvalue weighted by Gasteiger charge is 2.27. The lowest BCUT2D eigenvalue weighted by Gasteiger charge is -2.28. The summed E-state index contributed by atoms with van der Waals surface area (Å²) in [5.74, 6) is -1.22. The van der Waals surface area contributed by atoms with E-state index in [2.05, 4.69) is 50.3 Å². The number of ketones is 1. The SMILES string of the molecule is CCCCCC/C=C\C/C=C\C/C=C\CCCCCCCCC(=O)O[C@H](COC(=O)CCC/C=C\C[C@H]1C=CC(=O)[C@@H]1/C=C/[C@@H](O)CCCCC)COP(=O)([O-])OCC[N+](C)(C)C. The van der Waals surface area contributed by atoms with Gasteiger partial charge in [-0.3, -0.25) is 18.9 Å². The van der Waals surface area contributed by atoms with E-state index < -0.39 is 38.6 Å². The van der Waals surface area contributed by atoms with Crippen LogP contribution in [0, 0.1) is 11.8 Å². The lowest BCUT2D eigenvalue weighted by Crippen LogP contribution is -2.37. The van der Waals surface area contributed by atoms with Crippen LogP contribution in [0.25, 0.3) is 0 Å². The fourth-order valence-electron chi connectivity index (χ4n) is 6.77. The molecule has 0 aliphatic heterocycles. The van der Waals surface area contributed by atoms with Crippen LogP contribution >= 0.6 is 7.82 Å². The Morgan fingerprint density at radius 1 is 0.746 bits per heavy atom. The maximum atomic E-state index is 12.8. The molecular formula is C51H86NO10P. The second kappa shape index (κ2) is 37.3. The summed E-state index contributed by atoms with van der Waals surface area (Å²) >= 11 is 0. The van der Waals surface area contributed by atoms with Gasteiger partial charge in [-0.25, -0.2) is 0 Å². The monoisotopic (exact) mass is 904 g/mol. The van der Waals surface area contributed by atoms with Gasteiger partial charge in [-0.2, -0.15) is 0 Å². The zero-order valence-electron chi connectivity index (χ0n) is 39.8. The number of aliphatic hydroxyl groups is 1. The minimum atomic E-state index is -4.69. The molecule has 0 radical (unpaired) electrons. The zero-order valence-corrected chi connectivity index (χ0v) is 40.7. The normalized spacial score (nSPS) is 17.9. The molecule has 0 saturated carbocycles. The maximum absolute atomic E-state index is 12.8. The molecule has 0 aromatic heterocycles. The van der Waals surface area contributed by atoms with E-state index in [9.17, 15) is 28.9 Å². The lowest BCUT2D eigenvalue weighted by molar-refractivity contribution is -0.870. The molecule has 63 heavy (non-hydrogen) atoms. The highest BCUT2D eigenvalue weighted by atomic mass is 31.2. The van der Waals surface area contributed by atoms with Crippen LogP contribution in [0.3, 0.4) is 0 Å². The van der Waals surface area contributed by atoms with E-state index in [4.69, 9.17) is 18.5 Å². The number of likely N-dealkylation sites (N-methyl/N-ethyl adjacent to an activating group) is 1. The van der Waals surface area contributed by atoms with Crippen LogP contribution < -0.4 is 4.89 Å².